The van der Waals surface area contributed by atoms with E-state index in [9.17, 15) is 4.79 Å². The first-order valence-electron chi connectivity index (χ1n) is 8.07. The summed E-state index contributed by atoms with van der Waals surface area (Å²) in [7, 11) is -3.22. The Morgan fingerprint density at radius 3 is 1.73 bits per heavy atom. The predicted molar refractivity (Wildman–Crippen MR) is 105 cm³/mol. The lowest BCUT2D eigenvalue weighted by atomic mass is 10.2. The fraction of sp³-hybridized carbons (Fsp3) is 0.588. The highest BCUT2D eigenvalue weighted by atomic mass is 35.5. The van der Waals surface area contributed by atoms with Crippen LogP contribution < -0.4 is 10.4 Å². The van der Waals surface area contributed by atoms with Crippen molar-refractivity contribution in [2.75, 3.05) is 13.1 Å². The van der Waals surface area contributed by atoms with Crippen molar-refractivity contribution < 1.29 is 4.79 Å². The van der Waals surface area contributed by atoms with Crippen molar-refractivity contribution in [1.82, 2.24) is 4.90 Å². The van der Waals surface area contributed by atoms with Crippen molar-refractivity contribution in [2.24, 2.45) is 0 Å². The molecule has 1 rings (SSSR count). The number of carbonyl (C=O) groups is 1. The van der Waals surface area contributed by atoms with Gasteiger partial charge in [0.2, 0.25) is 0 Å². The molecule has 5 heteroatoms. The molecule has 0 fully saturated rings. The Morgan fingerprint density at radius 1 is 0.955 bits per heavy atom. The molecular weight excluding hydrogens is 326 g/mol. The maximum atomic E-state index is 13.1. The lowest BCUT2D eigenvalue weighted by molar-refractivity contribution is 0.0774. The van der Waals surface area contributed by atoms with Gasteiger partial charge in [-0.1, -0.05) is 63.0 Å². The first-order chi connectivity index (χ1) is 9.95. The van der Waals surface area contributed by atoms with E-state index in [1.807, 2.05) is 18.7 Å². The van der Waals surface area contributed by atoms with Gasteiger partial charge in [0.1, 0.15) is 0 Å². The van der Waals surface area contributed by atoms with Crippen LogP contribution in [0.4, 0.5) is 0 Å². The lowest BCUT2D eigenvalue weighted by Gasteiger charge is -2.29. The minimum atomic E-state index is -1.64. The highest BCUT2D eigenvalue weighted by Crippen LogP contribution is 2.21. The highest BCUT2D eigenvalue weighted by molar-refractivity contribution is 6.92. The number of amides is 1. The third kappa shape index (κ3) is 4.03. The topological polar surface area (TPSA) is 20.3 Å². The Labute approximate surface area is 142 Å². The molecule has 2 nitrogen and oxygen atoms in total. The molecule has 22 heavy (non-hydrogen) atoms. The van der Waals surface area contributed by atoms with Gasteiger partial charge >= 0.3 is 0 Å². The summed E-state index contributed by atoms with van der Waals surface area (Å²) in [4.78, 5) is 14.9. The van der Waals surface area contributed by atoms with Crippen LogP contribution in [0, 0.1) is 0 Å². The summed E-state index contributed by atoms with van der Waals surface area (Å²) < 4.78 is 0. The van der Waals surface area contributed by atoms with Crippen LogP contribution >= 0.6 is 11.6 Å². The van der Waals surface area contributed by atoms with E-state index in [2.05, 4.69) is 51.4 Å². The van der Waals surface area contributed by atoms with Crippen LogP contribution in [0.5, 0.6) is 0 Å². The molecule has 1 amide bonds. The molecule has 0 spiro atoms. The molecule has 124 valence electrons. The number of halogens is 1. The zero-order chi connectivity index (χ0) is 17.3. The Hall–Kier alpha value is -0.586. The second-order valence-corrected chi connectivity index (χ2v) is 18.3. The monoisotopic (exact) mass is 355 g/mol. The normalized spacial score (nSPS) is 12.4. The number of carbonyl (C=O) groups excluding carboxylic acids is 1. The molecule has 0 aliphatic carbocycles. The summed E-state index contributed by atoms with van der Waals surface area (Å²) in [5.74, 6) is 0.0903. The van der Waals surface area contributed by atoms with Crippen LogP contribution in [0.2, 0.25) is 44.3 Å². The first-order valence-corrected chi connectivity index (χ1v) is 15.5. The average molecular weight is 356 g/mol. The van der Waals surface area contributed by atoms with Gasteiger partial charge in [-0.05, 0) is 24.2 Å². The maximum absolute atomic E-state index is 13.1. The van der Waals surface area contributed by atoms with Crippen LogP contribution in [-0.2, 0) is 0 Å². The molecule has 0 bridgehead atoms. The van der Waals surface area contributed by atoms with Gasteiger partial charge in [0.15, 0.2) is 0 Å². The molecule has 0 aliphatic heterocycles. The van der Waals surface area contributed by atoms with Gasteiger partial charge < -0.3 is 4.90 Å². The second kappa shape index (κ2) is 6.89. The van der Waals surface area contributed by atoms with Crippen molar-refractivity contribution in [2.45, 2.75) is 53.1 Å². The SMILES string of the molecule is CCN(CC)C(=O)c1c([Si](C)(C)C)ccc([Si](C)(C)C)c1Cl. The average Bonchev–Trinajstić information content (AvgIpc) is 2.36. The van der Waals surface area contributed by atoms with Crippen LogP contribution in [0.15, 0.2) is 12.1 Å². The zero-order valence-corrected chi connectivity index (χ0v) is 18.1. The van der Waals surface area contributed by atoms with Crippen molar-refractivity contribution in [1.29, 1.82) is 0 Å². The highest BCUT2D eigenvalue weighted by Gasteiger charge is 2.31. The minimum Gasteiger partial charge on any atom is -0.339 e. The quantitative estimate of drug-likeness (QED) is 0.733. The second-order valence-electron chi connectivity index (χ2n) is 7.83. The molecule has 0 unspecified atom stereocenters. The van der Waals surface area contributed by atoms with Gasteiger partial charge in [-0.15, -0.1) is 0 Å². The van der Waals surface area contributed by atoms with Gasteiger partial charge in [-0.2, -0.15) is 0 Å². The van der Waals surface area contributed by atoms with Gasteiger partial charge in [-0.3, -0.25) is 4.79 Å². The van der Waals surface area contributed by atoms with Gasteiger partial charge in [0, 0.05) is 13.1 Å². The molecule has 0 aliphatic rings. The Morgan fingerprint density at radius 2 is 1.36 bits per heavy atom. The fourth-order valence-corrected chi connectivity index (χ4v) is 6.77. The minimum absolute atomic E-state index is 0.0903. The number of nitrogens with zero attached hydrogens (tertiary/aromatic N) is 1. The van der Waals surface area contributed by atoms with E-state index in [1.54, 1.807) is 0 Å². The molecule has 0 N–H and O–H groups in total. The number of rotatable bonds is 5. The molecule has 0 radical (unpaired) electrons. The molecule has 0 heterocycles. The van der Waals surface area contributed by atoms with E-state index in [4.69, 9.17) is 11.6 Å². The largest absolute Gasteiger partial charge is 0.339 e. The predicted octanol–water partition coefficient (Wildman–Crippen LogP) is 3.91. The van der Waals surface area contributed by atoms with Crippen LogP contribution in [0.1, 0.15) is 24.2 Å². The molecule has 1 aromatic rings. The molecule has 0 saturated carbocycles. The van der Waals surface area contributed by atoms with Crippen molar-refractivity contribution in [3.8, 4) is 0 Å². The Kier molecular flexibility index (Phi) is 6.10. The van der Waals surface area contributed by atoms with Crippen molar-refractivity contribution >= 4 is 44.0 Å². The van der Waals surface area contributed by atoms with Gasteiger partial charge in [0.25, 0.3) is 5.91 Å². The van der Waals surface area contributed by atoms with E-state index in [0.717, 1.165) is 5.56 Å². The van der Waals surface area contributed by atoms with E-state index in [1.165, 1.54) is 10.4 Å². The van der Waals surface area contributed by atoms with E-state index < -0.39 is 16.1 Å². The molecular formula is C17H30ClNOSi2. The smallest absolute Gasteiger partial charge is 0.255 e. The van der Waals surface area contributed by atoms with Gasteiger partial charge in [0.05, 0.1) is 26.7 Å². The summed E-state index contributed by atoms with van der Waals surface area (Å²) in [6.07, 6.45) is 0. The number of hydrogen-bond donors (Lipinski definition) is 0. The molecule has 0 saturated heterocycles. The van der Waals surface area contributed by atoms with Crippen molar-refractivity contribution in [3.63, 3.8) is 0 Å². The summed E-state index contributed by atoms with van der Waals surface area (Å²) in [6.45, 7) is 19.1. The van der Waals surface area contributed by atoms with Crippen LogP contribution in [0.25, 0.3) is 0 Å². The third-order valence-electron chi connectivity index (χ3n) is 4.02. The number of hydrogen-bond acceptors (Lipinski definition) is 1. The summed E-state index contributed by atoms with van der Waals surface area (Å²) in [5, 5.41) is 3.07. The Balaban J connectivity index is 3.66. The van der Waals surface area contributed by atoms with Crippen molar-refractivity contribution in [3.05, 3.63) is 22.7 Å². The molecule has 0 atom stereocenters. The Bertz CT molecular complexity index is 555. The zero-order valence-electron chi connectivity index (χ0n) is 15.3. The number of benzene rings is 1. The van der Waals surface area contributed by atoms with E-state index >= 15 is 0 Å². The standard InChI is InChI=1S/C17H30ClNOSi2/c1-9-19(10-2)17(20)15-13(21(3,4)5)11-12-14(16(15)18)22(6,7)8/h11-12H,9-10H2,1-8H3. The van der Waals surface area contributed by atoms with Crippen LogP contribution in [0.3, 0.4) is 0 Å². The molecule has 0 aromatic heterocycles. The summed E-state index contributed by atoms with van der Waals surface area (Å²) in [5.41, 5.74) is 0.768. The maximum Gasteiger partial charge on any atom is 0.255 e. The van der Waals surface area contributed by atoms with Gasteiger partial charge in [-0.25, -0.2) is 0 Å². The summed E-state index contributed by atoms with van der Waals surface area (Å²) >= 11 is 6.77. The van der Waals surface area contributed by atoms with E-state index in [0.29, 0.717) is 18.1 Å². The third-order valence-corrected chi connectivity index (χ3v) is 8.64. The molecule has 1 aromatic carbocycles. The van der Waals surface area contributed by atoms with Crippen LogP contribution in [-0.4, -0.2) is 40.0 Å². The lowest BCUT2D eigenvalue weighted by Crippen LogP contribution is -2.48. The van der Waals surface area contributed by atoms with E-state index in [-0.39, 0.29) is 5.91 Å². The summed E-state index contributed by atoms with van der Waals surface area (Å²) in [6, 6.07) is 4.34. The first kappa shape index (κ1) is 19.5. The fourth-order valence-electron chi connectivity index (χ4n) is 2.66.